The molecule has 112 valence electrons. The van der Waals surface area contributed by atoms with Crippen LogP contribution in [0.25, 0.3) is 0 Å². The lowest BCUT2D eigenvalue weighted by molar-refractivity contribution is 0.0660. The number of hydrogen-bond acceptors (Lipinski definition) is 4. The second-order valence-corrected chi connectivity index (χ2v) is 5.38. The van der Waals surface area contributed by atoms with Gasteiger partial charge in [0.15, 0.2) is 11.4 Å². The fraction of sp³-hybridized carbons (Fsp3) is 0.615. The molecule has 1 amide bonds. The summed E-state index contributed by atoms with van der Waals surface area (Å²) in [6, 6.07) is 0. The molecule has 1 aromatic rings. The van der Waals surface area contributed by atoms with Gasteiger partial charge in [-0.2, -0.15) is 0 Å². The predicted octanol–water partition coefficient (Wildman–Crippen LogP) is 0.768. The minimum Gasteiger partial charge on any atom is -0.477 e. The molecule has 20 heavy (non-hydrogen) atoms. The van der Waals surface area contributed by atoms with E-state index < -0.39 is 5.97 Å². The molecule has 1 aromatic heterocycles. The summed E-state index contributed by atoms with van der Waals surface area (Å²) in [6.45, 7) is 5.84. The van der Waals surface area contributed by atoms with Gasteiger partial charge in [0, 0.05) is 19.6 Å². The van der Waals surface area contributed by atoms with Crippen molar-refractivity contribution in [3.8, 4) is 0 Å². The maximum absolute atomic E-state index is 12.4. The van der Waals surface area contributed by atoms with Gasteiger partial charge >= 0.3 is 5.97 Å². The molecule has 0 fully saturated rings. The fourth-order valence-electron chi connectivity index (χ4n) is 1.81. The maximum atomic E-state index is 12.4. The Morgan fingerprint density at radius 1 is 1.35 bits per heavy atom. The molecular formula is C13H22N4O3. The normalized spacial score (nSPS) is 11.1. The van der Waals surface area contributed by atoms with E-state index >= 15 is 0 Å². The average molecular weight is 282 g/mol. The molecule has 0 saturated carbocycles. The van der Waals surface area contributed by atoms with Gasteiger partial charge in [0.1, 0.15) is 0 Å². The number of aromatic nitrogens is 2. The monoisotopic (exact) mass is 282 g/mol. The number of likely N-dealkylation sites (N-methyl/N-ethyl adjacent to an activating group) is 1. The van der Waals surface area contributed by atoms with Crippen molar-refractivity contribution in [2.24, 2.45) is 5.92 Å². The Balaban J connectivity index is 2.91. The summed E-state index contributed by atoms with van der Waals surface area (Å²) in [5.74, 6) is -1.23. The van der Waals surface area contributed by atoms with Crippen molar-refractivity contribution in [3.63, 3.8) is 0 Å². The first-order valence-electron chi connectivity index (χ1n) is 6.53. The van der Waals surface area contributed by atoms with Crippen molar-refractivity contribution in [1.82, 2.24) is 19.8 Å². The molecule has 2 N–H and O–H groups in total. The van der Waals surface area contributed by atoms with Crippen LogP contribution in [0.3, 0.4) is 0 Å². The number of aromatic amines is 1. The number of amides is 1. The van der Waals surface area contributed by atoms with E-state index in [9.17, 15) is 9.59 Å². The minimum absolute atomic E-state index is 0.0306. The smallest absolute Gasteiger partial charge is 0.354 e. The first-order chi connectivity index (χ1) is 9.32. The van der Waals surface area contributed by atoms with Gasteiger partial charge in [0.2, 0.25) is 0 Å². The summed E-state index contributed by atoms with van der Waals surface area (Å²) in [5.41, 5.74) is -0.189. The number of aromatic carboxylic acids is 1. The van der Waals surface area contributed by atoms with Gasteiger partial charge in [-0.25, -0.2) is 9.78 Å². The van der Waals surface area contributed by atoms with Crippen LogP contribution in [-0.2, 0) is 0 Å². The zero-order chi connectivity index (χ0) is 15.3. The van der Waals surface area contributed by atoms with Crippen molar-refractivity contribution in [3.05, 3.63) is 17.7 Å². The van der Waals surface area contributed by atoms with Gasteiger partial charge in [-0.05, 0) is 20.0 Å². The molecule has 1 rings (SSSR count). The number of carboxylic acid groups (broad SMARTS) is 1. The number of rotatable bonds is 7. The Hall–Kier alpha value is -1.89. The van der Waals surface area contributed by atoms with Crippen LogP contribution in [0.1, 0.15) is 34.8 Å². The molecule has 0 aromatic carbocycles. The highest BCUT2D eigenvalue weighted by molar-refractivity contribution is 6.02. The van der Waals surface area contributed by atoms with Crippen molar-refractivity contribution in [1.29, 1.82) is 0 Å². The molecule has 0 aliphatic heterocycles. The highest BCUT2D eigenvalue weighted by Gasteiger charge is 2.25. The largest absolute Gasteiger partial charge is 0.477 e. The van der Waals surface area contributed by atoms with Gasteiger partial charge in [-0.1, -0.05) is 13.8 Å². The molecule has 0 aliphatic carbocycles. The molecule has 0 radical (unpaired) electrons. The number of nitrogens with zero attached hydrogens (tertiary/aromatic N) is 3. The predicted molar refractivity (Wildman–Crippen MR) is 74.8 cm³/mol. The van der Waals surface area contributed by atoms with Gasteiger partial charge in [-0.3, -0.25) is 4.79 Å². The van der Waals surface area contributed by atoms with Crippen molar-refractivity contribution in [2.75, 3.05) is 33.7 Å². The number of hydrogen-bond donors (Lipinski definition) is 2. The molecule has 7 heteroatoms. The lowest BCUT2D eigenvalue weighted by Crippen LogP contribution is -2.39. The molecular weight excluding hydrogens is 260 g/mol. The first-order valence-corrected chi connectivity index (χ1v) is 6.53. The molecule has 0 saturated heterocycles. The van der Waals surface area contributed by atoms with Gasteiger partial charge in [-0.15, -0.1) is 0 Å². The van der Waals surface area contributed by atoms with E-state index in [1.807, 2.05) is 32.8 Å². The van der Waals surface area contributed by atoms with Crippen molar-refractivity contribution in [2.45, 2.75) is 13.8 Å². The molecule has 7 nitrogen and oxygen atoms in total. The van der Waals surface area contributed by atoms with Gasteiger partial charge in [0.05, 0.1) is 6.33 Å². The minimum atomic E-state index is -1.18. The van der Waals surface area contributed by atoms with E-state index in [2.05, 4.69) is 9.97 Å². The number of carbonyl (C=O) groups is 2. The summed E-state index contributed by atoms with van der Waals surface area (Å²) < 4.78 is 0. The molecule has 0 atom stereocenters. The van der Waals surface area contributed by atoms with E-state index in [0.29, 0.717) is 25.6 Å². The zero-order valence-electron chi connectivity index (χ0n) is 12.4. The third-order valence-corrected chi connectivity index (χ3v) is 2.75. The molecule has 0 unspecified atom stereocenters. The Bertz CT molecular complexity index is 468. The van der Waals surface area contributed by atoms with E-state index in [4.69, 9.17) is 5.11 Å². The summed E-state index contributed by atoms with van der Waals surface area (Å²) in [6.07, 6.45) is 1.23. The van der Waals surface area contributed by atoms with Crippen molar-refractivity contribution >= 4 is 11.9 Å². The van der Waals surface area contributed by atoms with E-state index in [1.54, 1.807) is 4.90 Å². The van der Waals surface area contributed by atoms with Crippen LogP contribution in [0.15, 0.2) is 6.33 Å². The number of H-pyrrole nitrogens is 1. The first kappa shape index (κ1) is 16.2. The molecule has 1 heterocycles. The Labute approximate surface area is 118 Å². The standard InChI is InChI=1S/C13H22N4O3/c1-9(2)7-17(6-5-16(3)4)12(18)10-11(13(19)20)15-8-14-10/h8-9H,5-7H2,1-4H3,(H,14,15)(H,19,20). The highest BCUT2D eigenvalue weighted by atomic mass is 16.4. The maximum Gasteiger partial charge on any atom is 0.354 e. The zero-order valence-corrected chi connectivity index (χ0v) is 12.4. The lowest BCUT2D eigenvalue weighted by atomic mass is 10.2. The molecule has 0 bridgehead atoms. The second-order valence-electron chi connectivity index (χ2n) is 5.38. The topological polar surface area (TPSA) is 89.5 Å². The van der Waals surface area contributed by atoms with Crippen LogP contribution in [0.5, 0.6) is 0 Å². The summed E-state index contributed by atoms with van der Waals surface area (Å²) in [4.78, 5) is 33.5. The number of nitrogens with one attached hydrogen (secondary N) is 1. The average Bonchev–Trinajstić information content (AvgIpc) is 2.82. The van der Waals surface area contributed by atoms with Crippen LogP contribution in [0.2, 0.25) is 0 Å². The lowest BCUT2D eigenvalue weighted by Gasteiger charge is -2.25. The second kappa shape index (κ2) is 7.04. The van der Waals surface area contributed by atoms with Crippen LogP contribution in [0, 0.1) is 5.92 Å². The van der Waals surface area contributed by atoms with Crippen LogP contribution >= 0.6 is 0 Å². The van der Waals surface area contributed by atoms with E-state index in [-0.39, 0.29) is 17.3 Å². The van der Waals surface area contributed by atoms with Gasteiger partial charge in [0.25, 0.3) is 5.91 Å². The quantitative estimate of drug-likeness (QED) is 0.771. The van der Waals surface area contributed by atoms with Crippen LogP contribution in [-0.4, -0.2) is 70.5 Å². The summed E-state index contributed by atoms with van der Waals surface area (Å²) in [5, 5.41) is 9.04. The van der Waals surface area contributed by atoms with Crippen molar-refractivity contribution < 1.29 is 14.7 Å². The van der Waals surface area contributed by atoms with E-state index in [1.165, 1.54) is 6.33 Å². The Morgan fingerprint density at radius 2 is 2.00 bits per heavy atom. The Kier molecular flexibility index (Phi) is 5.69. The number of carboxylic acids is 1. The summed E-state index contributed by atoms with van der Waals surface area (Å²) >= 11 is 0. The highest BCUT2D eigenvalue weighted by Crippen LogP contribution is 2.09. The van der Waals surface area contributed by atoms with Crippen LogP contribution in [0.4, 0.5) is 0 Å². The third kappa shape index (κ3) is 4.34. The fourth-order valence-corrected chi connectivity index (χ4v) is 1.81. The third-order valence-electron chi connectivity index (χ3n) is 2.75. The number of carbonyl (C=O) groups excluding carboxylic acids is 1. The Morgan fingerprint density at radius 3 is 2.50 bits per heavy atom. The number of imidazole rings is 1. The molecule has 0 aliphatic rings. The van der Waals surface area contributed by atoms with Gasteiger partial charge < -0.3 is 19.9 Å². The van der Waals surface area contributed by atoms with Crippen LogP contribution < -0.4 is 0 Å². The summed E-state index contributed by atoms with van der Waals surface area (Å²) in [7, 11) is 3.85. The SMILES string of the molecule is CC(C)CN(CCN(C)C)C(=O)c1nc[nH]c1C(=O)O. The molecule has 0 spiro atoms. The van der Waals surface area contributed by atoms with E-state index in [0.717, 1.165) is 0 Å².